The molecule has 1 aromatic rings. The number of hydrogen-bond donors (Lipinski definition) is 0. The second kappa shape index (κ2) is 6.20. The Morgan fingerprint density at radius 2 is 1.85 bits per heavy atom. The number of nitrogens with zero attached hydrogens (tertiary/aromatic N) is 3. The van der Waals surface area contributed by atoms with E-state index in [1.807, 2.05) is 6.07 Å². The van der Waals surface area contributed by atoms with Crippen LogP contribution in [0.5, 0.6) is 0 Å². The van der Waals surface area contributed by atoms with Crippen LogP contribution in [0, 0.1) is 28.0 Å². The van der Waals surface area contributed by atoms with Gasteiger partial charge in [0.05, 0.1) is 24.8 Å². The van der Waals surface area contributed by atoms with Gasteiger partial charge in [-0.25, -0.2) is 8.70 Å². The number of ether oxygens (including phenoxy) is 1. The van der Waals surface area contributed by atoms with Crippen molar-refractivity contribution in [1.82, 2.24) is 9.21 Å². The van der Waals surface area contributed by atoms with Crippen molar-refractivity contribution in [3.8, 4) is 6.07 Å². The minimum absolute atomic E-state index is 0.328. The molecule has 138 valence electrons. The number of piperidine rings is 1. The molecule has 0 amide bonds. The summed E-state index contributed by atoms with van der Waals surface area (Å²) in [5, 5.41) is 9.00. The van der Waals surface area contributed by atoms with Crippen LogP contribution in [0.1, 0.15) is 31.2 Å². The van der Waals surface area contributed by atoms with Gasteiger partial charge in [0.2, 0.25) is 0 Å². The van der Waals surface area contributed by atoms with Gasteiger partial charge in [-0.15, -0.1) is 0 Å². The van der Waals surface area contributed by atoms with E-state index in [0.29, 0.717) is 16.4 Å². The molecule has 26 heavy (non-hydrogen) atoms. The summed E-state index contributed by atoms with van der Waals surface area (Å²) in [6.45, 7) is 6.54. The standard InChI is InChI=1S/C20H24FN3OS/c21-16-5-15(10-22)6-18(7-16)26-24-3-1-19(2-4-24)8-17(9-19)23-11-20(12-23)13-25-14-20/h5-7,17H,1-4,8-9,11-14H2. The molecule has 0 radical (unpaired) electrons. The summed E-state index contributed by atoms with van der Waals surface area (Å²) in [7, 11) is 0. The van der Waals surface area contributed by atoms with Crippen molar-refractivity contribution >= 4 is 11.9 Å². The summed E-state index contributed by atoms with van der Waals surface area (Å²) in [4.78, 5) is 3.50. The zero-order chi connectivity index (χ0) is 17.8. The van der Waals surface area contributed by atoms with Gasteiger partial charge < -0.3 is 4.74 Å². The number of hydrogen-bond acceptors (Lipinski definition) is 5. The van der Waals surface area contributed by atoms with Gasteiger partial charge in [-0.1, -0.05) is 0 Å². The number of rotatable bonds is 3. The molecule has 3 saturated heterocycles. The van der Waals surface area contributed by atoms with Crippen LogP contribution >= 0.6 is 11.9 Å². The highest BCUT2D eigenvalue weighted by Crippen LogP contribution is 2.54. The first-order valence-corrected chi connectivity index (χ1v) is 10.3. The van der Waals surface area contributed by atoms with E-state index in [2.05, 4.69) is 9.21 Å². The van der Waals surface area contributed by atoms with Crippen LogP contribution in [0.4, 0.5) is 4.39 Å². The van der Waals surface area contributed by atoms with Crippen molar-refractivity contribution in [2.24, 2.45) is 10.8 Å². The van der Waals surface area contributed by atoms with Crippen molar-refractivity contribution in [3.05, 3.63) is 29.6 Å². The number of halogens is 1. The van der Waals surface area contributed by atoms with E-state index in [0.717, 1.165) is 37.2 Å². The minimum Gasteiger partial charge on any atom is -0.380 e. The summed E-state index contributed by atoms with van der Waals surface area (Å²) in [6.07, 6.45) is 5.17. The fraction of sp³-hybridized carbons (Fsp3) is 0.650. The summed E-state index contributed by atoms with van der Waals surface area (Å²) in [5.74, 6) is -0.328. The molecule has 1 aromatic carbocycles. The number of benzene rings is 1. The summed E-state index contributed by atoms with van der Waals surface area (Å²) < 4.78 is 21.3. The van der Waals surface area contributed by atoms with Crippen LogP contribution in [0.3, 0.4) is 0 Å². The maximum atomic E-state index is 13.6. The zero-order valence-electron chi connectivity index (χ0n) is 14.9. The molecule has 4 aliphatic rings. The lowest BCUT2D eigenvalue weighted by atomic mass is 9.59. The predicted molar refractivity (Wildman–Crippen MR) is 98.1 cm³/mol. The minimum atomic E-state index is -0.328. The molecule has 0 atom stereocenters. The fourth-order valence-electron chi connectivity index (χ4n) is 5.13. The van der Waals surface area contributed by atoms with Crippen molar-refractivity contribution in [3.63, 3.8) is 0 Å². The van der Waals surface area contributed by atoms with E-state index in [9.17, 15) is 4.39 Å². The molecule has 0 bridgehead atoms. The molecule has 0 unspecified atom stereocenters. The van der Waals surface area contributed by atoms with Crippen LogP contribution in [0.15, 0.2) is 23.1 Å². The number of likely N-dealkylation sites (tertiary alicyclic amines) is 1. The topological polar surface area (TPSA) is 39.5 Å². The third-order valence-corrected chi connectivity index (χ3v) is 7.84. The third-order valence-electron chi connectivity index (χ3n) is 6.77. The van der Waals surface area contributed by atoms with Crippen LogP contribution in [-0.4, -0.2) is 54.6 Å². The molecule has 1 saturated carbocycles. The monoisotopic (exact) mass is 373 g/mol. The van der Waals surface area contributed by atoms with Gasteiger partial charge in [-0.05, 0) is 61.2 Å². The molecule has 5 rings (SSSR count). The maximum absolute atomic E-state index is 13.6. The normalized spacial score (nSPS) is 27.5. The largest absolute Gasteiger partial charge is 0.380 e. The highest BCUT2D eigenvalue weighted by molar-refractivity contribution is 7.97. The predicted octanol–water partition coefficient (Wildman–Crippen LogP) is 3.28. The molecular weight excluding hydrogens is 349 g/mol. The highest BCUT2D eigenvalue weighted by atomic mass is 32.2. The molecule has 2 spiro atoms. The smallest absolute Gasteiger partial charge is 0.125 e. The average molecular weight is 373 g/mol. The molecule has 6 heteroatoms. The highest BCUT2D eigenvalue weighted by Gasteiger charge is 2.55. The van der Waals surface area contributed by atoms with Crippen molar-refractivity contribution in [1.29, 1.82) is 5.26 Å². The summed E-state index contributed by atoms with van der Waals surface area (Å²) in [5.41, 5.74) is 1.46. The molecule has 0 aromatic heterocycles. The quantitative estimate of drug-likeness (QED) is 0.761. The average Bonchev–Trinajstić information content (AvgIpc) is 2.51. The van der Waals surface area contributed by atoms with Crippen molar-refractivity contribution < 1.29 is 9.13 Å². The van der Waals surface area contributed by atoms with Crippen LogP contribution < -0.4 is 0 Å². The molecule has 1 aliphatic carbocycles. The van der Waals surface area contributed by atoms with E-state index in [1.54, 1.807) is 18.0 Å². The summed E-state index contributed by atoms with van der Waals surface area (Å²) >= 11 is 1.59. The van der Waals surface area contributed by atoms with Crippen LogP contribution in [0.2, 0.25) is 0 Å². The molecule has 4 fully saturated rings. The zero-order valence-corrected chi connectivity index (χ0v) is 15.7. The van der Waals surface area contributed by atoms with Gasteiger partial charge in [0, 0.05) is 42.5 Å². The SMILES string of the molecule is N#Cc1cc(F)cc(SN2CCC3(CC2)CC(N2CC4(COC4)C2)C3)c1. The Morgan fingerprint density at radius 3 is 2.46 bits per heavy atom. The van der Waals surface area contributed by atoms with E-state index in [1.165, 1.54) is 50.9 Å². The van der Waals surface area contributed by atoms with E-state index in [-0.39, 0.29) is 5.82 Å². The molecule has 3 heterocycles. The lowest BCUT2D eigenvalue weighted by Gasteiger charge is -2.63. The first-order valence-electron chi connectivity index (χ1n) is 9.53. The third kappa shape index (κ3) is 2.95. The van der Waals surface area contributed by atoms with Gasteiger partial charge in [0.25, 0.3) is 0 Å². The lowest BCUT2D eigenvalue weighted by molar-refractivity contribution is -0.215. The Labute approximate surface area is 158 Å². The first kappa shape index (κ1) is 17.0. The molecule has 0 N–H and O–H groups in total. The molecule has 4 nitrogen and oxygen atoms in total. The Kier molecular flexibility index (Phi) is 4.05. The van der Waals surface area contributed by atoms with E-state index in [4.69, 9.17) is 10.00 Å². The fourth-order valence-corrected chi connectivity index (χ4v) is 6.14. The van der Waals surface area contributed by atoms with Gasteiger partial charge in [-0.2, -0.15) is 5.26 Å². The second-order valence-electron chi connectivity index (χ2n) is 8.77. The van der Waals surface area contributed by atoms with Crippen molar-refractivity contribution in [2.45, 2.75) is 36.6 Å². The Bertz CT molecular complexity index is 736. The Morgan fingerprint density at radius 1 is 1.12 bits per heavy atom. The molecular formula is C20H24FN3OS. The van der Waals surface area contributed by atoms with Gasteiger partial charge in [0.1, 0.15) is 5.82 Å². The Hall–Kier alpha value is -1.13. The number of nitriles is 1. The molecule has 3 aliphatic heterocycles. The van der Waals surface area contributed by atoms with Crippen molar-refractivity contribution in [2.75, 3.05) is 39.4 Å². The van der Waals surface area contributed by atoms with Gasteiger partial charge in [-0.3, -0.25) is 4.90 Å². The van der Waals surface area contributed by atoms with E-state index < -0.39 is 0 Å². The maximum Gasteiger partial charge on any atom is 0.125 e. The summed E-state index contributed by atoms with van der Waals surface area (Å²) in [6, 6.07) is 7.42. The lowest BCUT2D eigenvalue weighted by Crippen LogP contribution is -2.70. The first-order chi connectivity index (χ1) is 12.6. The second-order valence-corrected chi connectivity index (χ2v) is 9.94. The van der Waals surface area contributed by atoms with E-state index >= 15 is 0 Å². The van der Waals surface area contributed by atoms with Crippen LogP contribution in [-0.2, 0) is 4.74 Å². The van der Waals surface area contributed by atoms with Crippen LogP contribution in [0.25, 0.3) is 0 Å². The van der Waals surface area contributed by atoms with Gasteiger partial charge in [0.15, 0.2) is 0 Å². The van der Waals surface area contributed by atoms with Gasteiger partial charge >= 0.3 is 0 Å². The Balaban J connectivity index is 1.11.